The second-order valence-electron chi connectivity index (χ2n) is 5.78. The van der Waals surface area contributed by atoms with Crippen LogP contribution < -0.4 is 5.32 Å². The van der Waals surface area contributed by atoms with Gasteiger partial charge in [0.05, 0.1) is 18.2 Å². The number of carbonyl (C=O) groups excluding carboxylic acids is 2. The van der Waals surface area contributed by atoms with Gasteiger partial charge in [0.2, 0.25) is 0 Å². The van der Waals surface area contributed by atoms with Crippen molar-refractivity contribution in [2.75, 3.05) is 7.11 Å². The maximum atomic E-state index is 13.1. The number of esters is 1. The van der Waals surface area contributed by atoms with Gasteiger partial charge in [0.1, 0.15) is 6.04 Å². The summed E-state index contributed by atoms with van der Waals surface area (Å²) < 4.78 is 43.9. The second kappa shape index (κ2) is 8.03. The molecule has 0 radical (unpaired) electrons. The van der Waals surface area contributed by atoms with Gasteiger partial charge in [0.15, 0.2) is 0 Å². The zero-order chi connectivity index (χ0) is 19.3. The molecule has 0 fully saturated rings. The van der Waals surface area contributed by atoms with Crippen LogP contribution in [0.3, 0.4) is 0 Å². The summed E-state index contributed by atoms with van der Waals surface area (Å²) in [4.78, 5) is 24.3. The van der Waals surface area contributed by atoms with Crippen LogP contribution in [-0.4, -0.2) is 25.0 Å². The average Bonchev–Trinajstić information content (AvgIpc) is 2.61. The summed E-state index contributed by atoms with van der Waals surface area (Å²) in [6.45, 7) is 1.90. The Balaban J connectivity index is 2.25. The van der Waals surface area contributed by atoms with Crippen LogP contribution in [0.15, 0.2) is 48.5 Å². The highest BCUT2D eigenvalue weighted by Crippen LogP contribution is 2.31. The fourth-order valence-corrected chi connectivity index (χ4v) is 2.46. The number of halogens is 3. The van der Waals surface area contributed by atoms with Crippen molar-refractivity contribution < 1.29 is 27.5 Å². The molecule has 0 bridgehead atoms. The molecule has 1 atom stereocenters. The summed E-state index contributed by atoms with van der Waals surface area (Å²) in [6.07, 6.45) is -4.57. The quantitative estimate of drug-likeness (QED) is 0.825. The number of carbonyl (C=O) groups is 2. The third-order valence-corrected chi connectivity index (χ3v) is 3.83. The standard InChI is InChI=1S/C19H18F3NO3/c1-12-7-9-13(10-8-12)11-16(18(25)26-2)23-17(24)14-5-3-4-6-15(14)19(20,21)22/h3-10,16H,11H2,1-2H3,(H,23,24). The van der Waals surface area contributed by atoms with Crippen molar-refractivity contribution in [2.45, 2.75) is 25.6 Å². The molecule has 2 rings (SSSR count). The number of hydrogen-bond donors (Lipinski definition) is 1. The van der Waals surface area contributed by atoms with Gasteiger partial charge in [-0.25, -0.2) is 4.79 Å². The summed E-state index contributed by atoms with van der Waals surface area (Å²) in [5.74, 6) is -1.72. The lowest BCUT2D eigenvalue weighted by molar-refractivity contribution is -0.142. The van der Waals surface area contributed by atoms with Gasteiger partial charge in [-0.2, -0.15) is 13.2 Å². The number of methoxy groups -OCH3 is 1. The van der Waals surface area contributed by atoms with Gasteiger partial charge in [-0.3, -0.25) is 4.79 Å². The van der Waals surface area contributed by atoms with Crippen LogP contribution in [0.25, 0.3) is 0 Å². The number of nitrogens with one attached hydrogen (secondary N) is 1. The number of aryl methyl sites for hydroxylation is 1. The van der Waals surface area contributed by atoms with E-state index in [0.717, 1.165) is 30.4 Å². The first-order valence-corrected chi connectivity index (χ1v) is 7.83. The summed E-state index contributed by atoms with van der Waals surface area (Å²) in [5, 5.41) is 2.35. The molecule has 0 aromatic heterocycles. The fourth-order valence-electron chi connectivity index (χ4n) is 2.46. The largest absolute Gasteiger partial charge is 0.467 e. The monoisotopic (exact) mass is 365 g/mol. The van der Waals surface area contributed by atoms with Crippen LogP contribution in [0.5, 0.6) is 0 Å². The molecule has 26 heavy (non-hydrogen) atoms. The minimum atomic E-state index is -4.67. The Morgan fingerprint density at radius 2 is 1.69 bits per heavy atom. The minimum absolute atomic E-state index is 0.104. The zero-order valence-electron chi connectivity index (χ0n) is 14.3. The predicted octanol–water partition coefficient (Wildman–Crippen LogP) is 3.53. The van der Waals surface area contributed by atoms with E-state index in [1.54, 1.807) is 12.1 Å². The van der Waals surface area contributed by atoms with Crippen LogP contribution in [0.2, 0.25) is 0 Å². The van der Waals surface area contributed by atoms with Gasteiger partial charge in [-0.05, 0) is 24.6 Å². The first-order chi connectivity index (χ1) is 12.2. The topological polar surface area (TPSA) is 55.4 Å². The minimum Gasteiger partial charge on any atom is -0.467 e. The molecule has 0 aliphatic carbocycles. The average molecular weight is 365 g/mol. The molecular weight excluding hydrogens is 347 g/mol. The Kier molecular flexibility index (Phi) is 6.02. The molecule has 138 valence electrons. The molecule has 0 saturated heterocycles. The number of rotatable bonds is 5. The lowest BCUT2D eigenvalue weighted by Crippen LogP contribution is -2.43. The number of ether oxygens (including phenoxy) is 1. The van der Waals surface area contributed by atoms with Gasteiger partial charge < -0.3 is 10.1 Å². The maximum absolute atomic E-state index is 13.1. The van der Waals surface area contributed by atoms with Crippen LogP contribution >= 0.6 is 0 Å². The van der Waals surface area contributed by atoms with Crippen LogP contribution in [0, 0.1) is 6.92 Å². The highest BCUT2D eigenvalue weighted by atomic mass is 19.4. The summed E-state index contributed by atoms with van der Waals surface area (Å²) in [7, 11) is 1.15. The molecule has 1 amide bonds. The Bertz CT molecular complexity index is 785. The van der Waals surface area contributed by atoms with Crippen molar-refractivity contribution in [1.82, 2.24) is 5.32 Å². The van der Waals surface area contributed by atoms with Gasteiger partial charge in [-0.1, -0.05) is 42.0 Å². The van der Waals surface area contributed by atoms with Gasteiger partial charge in [0.25, 0.3) is 5.91 Å². The highest BCUT2D eigenvalue weighted by Gasteiger charge is 2.35. The summed E-state index contributed by atoms with van der Waals surface area (Å²) in [5.41, 5.74) is 0.163. The van der Waals surface area contributed by atoms with Gasteiger partial charge in [-0.15, -0.1) is 0 Å². The van der Waals surface area contributed by atoms with E-state index in [2.05, 4.69) is 10.1 Å². The third kappa shape index (κ3) is 4.84. The van der Waals surface area contributed by atoms with E-state index >= 15 is 0 Å². The molecular formula is C19H18F3NO3. The van der Waals surface area contributed by atoms with Crippen molar-refractivity contribution in [3.8, 4) is 0 Å². The van der Waals surface area contributed by atoms with Crippen molar-refractivity contribution in [3.05, 3.63) is 70.8 Å². The molecule has 0 spiro atoms. The zero-order valence-corrected chi connectivity index (χ0v) is 14.3. The second-order valence-corrected chi connectivity index (χ2v) is 5.78. The smallest absolute Gasteiger partial charge is 0.417 e. The van der Waals surface area contributed by atoms with E-state index in [1.807, 2.05) is 19.1 Å². The lowest BCUT2D eigenvalue weighted by atomic mass is 10.0. The molecule has 1 N–H and O–H groups in total. The number of benzene rings is 2. The maximum Gasteiger partial charge on any atom is 0.417 e. The number of hydrogen-bond acceptors (Lipinski definition) is 3. The Morgan fingerprint density at radius 3 is 2.27 bits per heavy atom. The molecule has 1 unspecified atom stereocenters. The predicted molar refractivity (Wildman–Crippen MR) is 89.6 cm³/mol. The van der Waals surface area contributed by atoms with Gasteiger partial charge in [0, 0.05) is 6.42 Å². The molecule has 7 heteroatoms. The van der Waals surface area contributed by atoms with E-state index in [-0.39, 0.29) is 6.42 Å². The van der Waals surface area contributed by atoms with E-state index < -0.39 is 35.2 Å². The van der Waals surface area contributed by atoms with Crippen molar-refractivity contribution in [2.24, 2.45) is 0 Å². The first kappa shape index (κ1) is 19.5. The fraction of sp³-hybridized carbons (Fsp3) is 0.263. The van der Waals surface area contributed by atoms with Crippen LogP contribution in [0.4, 0.5) is 13.2 Å². The Hall–Kier alpha value is -2.83. The molecule has 0 heterocycles. The molecule has 0 saturated carbocycles. The van der Waals surface area contributed by atoms with Crippen molar-refractivity contribution >= 4 is 11.9 Å². The van der Waals surface area contributed by atoms with E-state index in [1.165, 1.54) is 12.1 Å². The van der Waals surface area contributed by atoms with Crippen LogP contribution in [-0.2, 0) is 22.1 Å². The van der Waals surface area contributed by atoms with Gasteiger partial charge >= 0.3 is 12.1 Å². The molecule has 0 aliphatic heterocycles. The Morgan fingerprint density at radius 1 is 1.08 bits per heavy atom. The molecule has 2 aromatic rings. The number of amides is 1. The molecule has 0 aliphatic rings. The SMILES string of the molecule is COC(=O)C(Cc1ccc(C)cc1)NC(=O)c1ccccc1C(F)(F)F. The normalized spacial score (nSPS) is 12.3. The van der Waals surface area contributed by atoms with Crippen LogP contribution in [0.1, 0.15) is 27.0 Å². The summed E-state index contributed by atoms with van der Waals surface area (Å²) in [6, 6.07) is 10.6. The molecule has 2 aromatic carbocycles. The van der Waals surface area contributed by atoms with E-state index in [9.17, 15) is 22.8 Å². The third-order valence-electron chi connectivity index (χ3n) is 3.83. The Labute approximate surface area is 149 Å². The van der Waals surface area contributed by atoms with Crippen molar-refractivity contribution in [1.29, 1.82) is 0 Å². The van der Waals surface area contributed by atoms with Crippen molar-refractivity contribution in [3.63, 3.8) is 0 Å². The van der Waals surface area contributed by atoms with E-state index in [4.69, 9.17) is 0 Å². The molecule has 4 nitrogen and oxygen atoms in total. The lowest BCUT2D eigenvalue weighted by Gasteiger charge is -2.18. The number of alkyl halides is 3. The first-order valence-electron chi connectivity index (χ1n) is 7.83. The summed E-state index contributed by atoms with van der Waals surface area (Å²) >= 11 is 0. The van der Waals surface area contributed by atoms with E-state index in [0.29, 0.717) is 0 Å². The highest BCUT2D eigenvalue weighted by molar-refractivity contribution is 5.98.